The van der Waals surface area contributed by atoms with E-state index < -0.39 is 23.5 Å². The quantitative estimate of drug-likeness (QED) is 0.385. The van der Waals surface area contributed by atoms with Gasteiger partial charge in [0.05, 0.1) is 17.9 Å². The molecule has 0 unspecified atom stereocenters. The fourth-order valence-electron chi connectivity index (χ4n) is 4.00. The van der Waals surface area contributed by atoms with Crippen molar-refractivity contribution in [1.82, 2.24) is 9.88 Å². The zero-order valence-electron chi connectivity index (χ0n) is 18.0. The molecule has 3 heterocycles. The van der Waals surface area contributed by atoms with E-state index in [1.807, 2.05) is 36.4 Å². The topological polar surface area (TPSA) is 92.9 Å². The minimum atomic E-state index is -0.843. The molecule has 1 N–H and O–H groups in total. The van der Waals surface area contributed by atoms with Crippen molar-refractivity contribution in [2.24, 2.45) is 0 Å². The summed E-state index contributed by atoms with van der Waals surface area (Å²) in [6.07, 6.45) is 4.65. The van der Waals surface area contributed by atoms with Crippen molar-refractivity contribution >= 4 is 11.7 Å². The summed E-state index contributed by atoms with van der Waals surface area (Å²) in [6, 6.07) is 22.2. The van der Waals surface area contributed by atoms with E-state index in [-0.39, 0.29) is 17.9 Å². The van der Waals surface area contributed by atoms with Crippen LogP contribution in [0.15, 0.2) is 113 Å². The highest BCUT2D eigenvalue weighted by Gasteiger charge is 2.44. The molecule has 1 aliphatic heterocycles. The van der Waals surface area contributed by atoms with E-state index in [1.165, 1.54) is 17.2 Å². The highest BCUT2D eigenvalue weighted by atomic mass is 16.5. The Balaban J connectivity index is 1.56. The number of hydrogen-bond donors (Lipinski definition) is 1. The SMILES string of the molecule is O=C(C1=C(O)C(=O)N(Cc2cccnc2)[C@H]1c1cccc(Oc2ccccc2)c1)c1ccco1. The highest BCUT2D eigenvalue weighted by Crippen LogP contribution is 2.41. The van der Waals surface area contributed by atoms with E-state index in [4.69, 9.17) is 9.15 Å². The van der Waals surface area contributed by atoms with Crippen molar-refractivity contribution in [1.29, 1.82) is 0 Å². The van der Waals surface area contributed by atoms with Crippen LogP contribution in [0, 0.1) is 0 Å². The smallest absolute Gasteiger partial charge is 0.290 e. The van der Waals surface area contributed by atoms with Crippen molar-refractivity contribution in [3.63, 3.8) is 0 Å². The second-order valence-corrected chi connectivity index (χ2v) is 7.75. The number of para-hydroxylation sites is 1. The predicted molar refractivity (Wildman–Crippen MR) is 123 cm³/mol. The summed E-state index contributed by atoms with van der Waals surface area (Å²) in [5.74, 6) is -0.556. The number of rotatable bonds is 7. The first-order valence-corrected chi connectivity index (χ1v) is 10.7. The number of Topliss-reactive ketones (excluding diaryl/α,β-unsaturated/α-hetero) is 1. The molecular weight excluding hydrogens is 432 g/mol. The molecular formula is C27H20N2O5. The molecule has 34 heavy (non-hydrogen) atoms. The molecule has 1 amide bonds. The lowest BCUT2D eigenvalue weighted by atomic mass is 9.94. The molecule has 5 rings (SSSR count). The Bertz CT molecular complexity index is 1350. The van der Waals surface area contributed by atoms with Crippen LogP contribution in [0.25, 0.3) is 0 Å². The number of aliphatic hydroxyl groups is 1. The minimum Gasteiger partial charge on any atom is -0.503 e. The van der Waals surface area contributed by atoms with Gasteiger partial charge in [-0.2, -0.15) is 0 Å². The molecule has 7 heteroatoms. The van der Waals surface area contributed by atoms with E-state index in [9.17, 15) is 14.7 Å². The van der Waals surface area contributed by atoms with Crippen molar-refractivity contribution in [2.45, 2.75) is 12.6 Å². The van der Waals surface area contributed by atoms with Crippen LogP contribution in [-0.2, 0) is 11.3 Å². The Hall–Kier alpha value is -4.65. The summed E-state index contributed by atoms with van der Waals surface area (Å²) < 4.78 is 11.2. The average Bonchev–Trinajstić information content (AvgIpc) is 3.49. The molecule has 0 fully saturated rings. The molecule has 0 saturated carbocycles. The molecule has 1 aliphatic rings. The Morgan fingerprint density at radius 3 is 2.56 bits per heavy atom. The van der Waals surface area contributed by atoms with Gasteiger partial charge in [0.1, 0.15) is 11.5 Å². The summed E-state index contributed by atoms with van der Waals surface area (Å²) in [5, 5.41) is 10.8. The molecule has 1 atom stereocenters. The van der Waals surface area contributed by atoms with Gasteiger partial charge in [0.2, 0.25) is 5.78 Å². The third kappa shape index (κ3) is 4.06. The third-order valence-electron chi connectivity index (χ3n) is 5.52. The number of carbonyl (C=O) groups is 2. The van der Waals surface area contributed by atoms with Gasteiger partial charge in [-0.15, -0.1) is 0 Å². The van der Waals surface area contributed by atoms with Crippen LogP contribution in [0.5, 0.6) is 11.5 Å². The molecule has 168 valence electrons. The van der Waals surface area contributed by atoms with Gasteiger partial charge in [-0.1, -0.05) is 36.4 Å². The van der Waals surface area contributed by atoms with Crippen LogP contribution in [0.4, 0.5) is 0 Å². The van der Waals surface area contributed by atoms with Gasteiger partial charge in [-0.25, -0.2) is 0 Å². The van der Waals surface area contributed by atoms with Crippen LogP contribution in [0.1, 0.15) is 27.7 Å². The summed E-state index contributed by atoms with van der Waals surface area (Å²) in [7, 11) is 0. The maximum absolute atomic E-state index is 13.3. The van der Waals surface area contributed by atoms with E-state index in [2.05, 4.69) is 4.98 Å². The van der Waals surface area contributed by atoms with Crippen LogP contribution in [0.2, 0.25) is 0 Å². The Labute approximate surface area is 195 Å². The number of hydrogen-bond acceptors (Lipinski definition) is 6. The molecule has 0 aliphatic carbocycles. The highest BCUT2D eigenvalue weighted by molar-refractivity contribution is 6.15. The van der Waals surface area contributed by atoms with E-state index in [0.29, 0.717) is 17.1 Å². The number of nitrogens with zero attached hydrogens (tertiary/aromatic N) is 2. The maximum atomic E-state index is 13.3. The van der Waals surface area contributed by atoms with Crippen LogP contribution in [0.3, 0.4) is 0 Å². The molecule has 0 saturated heterocycles. The number of furan rings is 1. The monoisotopic (exact) mass is 452 g/mol. The van der Waals surface area contributed by atoms with E-state index >= 15 is 0 Å². The number of carbonyl (C=O) groups excluding carboxylic acids is 2. The largest absolute Gasteiger partial charge is 0.503 e. The zero-order valence-corrected chi connectivity index (χ0v) is 18.0. The molecule has 0 radical (unpaired) electrons. The second-order valence-electron chi connectivity index (χ2n) is 7.75. The van der Waals surface area contributed by atoms with Crippen LogP contribution < -0.4 is 4.74 Å². The summed E-state index contributed by atoms with van der Waals surface area (Å²) in [6.45, 7) is 0.153. The second kappa shape index (κ2) is 9.07. The van der Waals surface area contributed by atoms with Gasteiger partial charge in [-0.05, 0) is 53.6 Å². The number of pyridine rings is 1. The number of aromatic nitrogens is 1. The number of ether oxygens (including phenoxy) is 1. The lowest BCUT2D eigenvalue weighted by Crippen LogP contribution is -2.30. The van der Waals surface area contributed by atoms with Gasteiger partial charge in [-0.3, -0.25) is 14.6 Å². The summed E-state index contributed by atoms with van der Waals surface area (Å²) in [4.78, 5) is 32.0. The Kier molecular flexibility index (Phi) is 5.66. The molecule has 7 nitrogen and oxygen atoms in total. The lowest BCUT2D eigenvalue weighted by Gasteiger charge is -2.27. The summed E-state index contributed by atoms with van der Waals surface area (Å²) in [5.41, 5.74) is 1.34. The third-order valence-corrected chi connectivity index (χ3v) is 5.52. The van der Waals surface area contributed by atoms with Crippen molar-refractivity contribution in [3.05, 3.63) is 126 Å². The first kappa shape index (κ1) is 21.2. The average molecular weight is 452 g/mol. The standard InChI is InChI=1S/C27H20N2O5/c30-25(22-12-6-14-33-22)23-24(29(27(32)26(23)31)17-18-7-5-13-28-16-18)19-8-4-11-21(15-19)34-20-9-2-1-3-10-20/h1-16,24,31H,17H2/t24-/m0/s1. The molecule has 4 aromatic rings. The fourth-order valence-corrected chi connectivity index (χ4v) is 4.00. The predicted octanol–water partition coefficient (Wildman–Crippen LogP) is 5.25. The minimum absolute atomic E-state index is 0.0410. The van der Waals surface area contributed by atoms with Gasteiger partial charge >= 0.3 is 0 Å². The lowest BCUT2D eigenvalue weighted by molar-refractivity contribution is -0.130. The normalized spacial score (nSPS) is 15.6. The molecule has 0 bridgehead atoms. The molecule has 2 aromatic carbocycles. The van der Waals surface area contributed by atoms with E-state index in [0.717, 1.165) is 5.56 Å². The Morgan fingerprint density at radius 2 is 1.82 bits per heavy atom. The first-order chi connectivity index (χ1) is 16.6. The molecule has 2 aromatic heterocycles. The first-order valence-electron chi connectivity index (χ1n) is 10.7. The van der Waals surface area contributed by atoms with Crippen LogP contribution >= 0.6 is 0 Å². The number of amides is 1. The van der Waals surface area contributed by atoms with Crippen molar-refractivity contribution in [3.8, 4) is 11.5 Å². The van der Waals surface area contributed by atoms with Gasteiger partial charge < -0.3 is 19.2 Å². The zero-order chi connectivity index (χ0) is 23.5. The number of ketones is 1. The van der Waals surface area contributed by atoms with Gasteiger partial charge in [0.15, 0.2) is 11.5 Å². The summed E-state index contributed by atoms with van der Waals surface area (Å²) >= 11 is 0. The fraction of sp³-hybridized carbons (Fsp3) is 0.0741. The van der Waals surface area contributed by atoms with Crippen molar-refractivity contribution < 1.29 is 23.8 Å². The van der Waals surface area contributed by atoms with Crippen molar-refractivity contribution in [2.75, 3.05) is 0 Å². The van der Waals surface area contributed by atoms with Gasteiger partial charge in [0.25, 0.3) is 5.91 Å². The molecule has 0 spiro atoms. The number of benzene rings is 2. The van der Waals surface area contributed by atoms with Crippen LogP contribution in [-0.4, -0.2) is 26.7 Å². The van der Waals surface area contributed by atoms with Gasteiger partial charge in [0, 0.05) is 18.9 Å². The Morgan fingerprint density at radius 1 is 1.00 bits per heavy atom. The van der Waals surface area contributed by atoms with E-state index in [1.54, 1.807) is 48.8 Å². The number of aliphatic hydroxyl groups excluding tert-OH is 1. The maximum Gasteiger partial charge on any atom is 0.290 e.